The van der Waals surface area contributed by atoms with Gasteiger partial charge in [-0.15, -0.1) is 0 Å². The van der Waals surface area contributed by atoms with Crippen LogP contribution in [0.5, 0.6) is 0 Å². The van der Waals surface area contributed by atoms with Crippen LogP contribution in [0.2, 0.25) is 0 Å². The van der Waals surface area contributed by atoms with Crippen LogP contribution in [0.25, 0.3) is 0 Å². The Morgan fingerprint density at radius 2 is 2.05 bits per heavy atom. The number of aliphatic carboxylic acids is 1. The van der Waals surface area contributed by atoms with Crippen LogP contribution in [0, 0.1) is 0 Å². The van der Waals surface area contributed by atoms with Gasteiger partial charge in [-0.1, -0.05) is 24.3 Å². The molecule has 0 aromatic heterocycles. The Morgan fingerprint density at radius 1 is 1.37 bits per heavy atom. The highest BCUT2D eigenvalue weighted by molar-refractivity contribution is 5.76. The maximum atomic E-state index is 11.3. The lowest BCUT2D eigenvalue weighted by molar-refractivity contribution is -0.144. The molecule has 1 aromatic rings. The number of nitrogens with zero attached hydrogens (tertiary/aromatic N) is 1. The van der Waals surface area contributed by atoms with Crippen LogP contribution in [0.3, 0.4) is 0 Å². The number of hydrogen-bond donors (Lipinski definition) is 2. The highest BCUT2D eigenvalue weighted by Gasteiger charge is 2.31. The lowest BCUT2D eigenvalue weighted by atomic mass is 9.94. The van der Waals surface area contributed by atoms with Gasteiger partial charge in [0.15, 0.2) is 0 Å². The fourth-order valence-electron chi connectivity index (χ4n) is 2.43. The van der Waals surface area contributed by atoms with Crippen molar-refractivity contribution in [3.05, 3.63) is 35.4 Å². The average molecular weight is 262 g/mol. The van der Waals surface area contributed by atoms with Gasteiger partial charge in [-0.2, -0.15) is 0 Å². The molecule has 102 valence electrons. The SMILES string of the molecule is CNC(=O)CCN1Cc2ccccc2C[C@H]1C(=O)O. The zero-order chi connectivity index (χ0) is 13.8. The molecule has 0 saturated heterocycles. The first-order valence-electron chi connectivity index (χ1n) is 6.36. The molecule has 1 aliphatic rings. The minimum Gasteiger partial charge on any atom is -0.480 e. The second-order valence-corrected chi connectivity index (χ2v) is 4.72. The predicted molar refractivity (Wildman–Crippen MR) is 70.7 cm³/mol. The minimum absolute atomic E-state index is 0.0667. The largest absolute Gasteiger partial charge is 0.480 e. The third-order valence-corrected chi connectivity index (χ3v) is 3.54. The van der Waals surface area contributed by atoms with Crippen molar-refractivity contribution in [2.45, 2.75) is 25.4 Å². The van der Waals surface area contributed by atoms with Gasteiger partial charge >= 0.3 is 5.97 Å². The number of carbonyl (C=O) groups is 2. The van der Waals surface area contributed by atoms with Crippen LogP contribution in [0.1, 0.15) is 17.5 Å². The number of nitrogens with one attached hydrogen (secondary N) is 1. The zero-order valence-corrected chi connectivity index (χ0v) is 10.9. The summed E-state index contributed by atoms with van der Waals surface area (Å²) in [6.07, 6.45) is 0.821. The quantitative estimate of drug-likeness (QED) is 0.835. The van der Waals surface area contributed by atoms with Crippen LogP contribution >= 0.6 is 0 Å². The van der Waals surface area contributed by atoms with Gasteiger partial charge in [0, 0.05) is 26.6 Å². The Labute approximate surface area is 112 Å². The van der Waals surface area contributed by atoms with Crippen molar-refractivity contribution in [1.29, 1.82) is 0 Å². The van der Waals surface area contributed by atoms with E-state index in [0.717, 1.165) is 11.1 Å². The lowest BCUT2D eigenvalue weighted by Gasteiger charge is -2.34. The second-order valence-electron chi connectivity index (χ2n) is 4.72. The number of carboxylic acids is 1. The summed E-state index contributed by atoms with van der Waals surface area (Å²) in [7, 11) is 1.59. The maximum Gasteiger partial charge on any atom is 0.321 e. The maximum absolute atomic E-state index is 11.3. The van der Waals surface area contributed by atoms with E-state index < -0.39 is 12.0 Å². The molecule has 5 heteroatoms. The second kappa shape index (κ2) is 5.84. The molecule has 5 nitrogen and oxygen atoms in total. The third-order valence-electron chi connectivity index (χ3n) is 3.54. The Hall–Kier alpha value is -1.88. The van der Waals surface area contributed by atoms with E-state index in [1.165, 1.54) is 0 Å². The van der Waals surface area contributed by atoms with E-state index in [0.29, 0.717) is 25.9 Å². The molecule has 1 aliphatic heterocycles. The standard InChI is InChI=1S/C14H18N2O3/c1-15-13(17)6-7-16-9-11-5-3-2-4-10(11)8-12(16)14(18)19/h2-5,12H,6-9H2,1H3,(H,15,17)(H,18,19)/t12-/m0/s1. The zero-order valence-electron chi connectivity index (χ0n) is 10.9. The molecule has 1 aromatic carbocycles. The van der Waals surface area contributed by atoms with E-state index in [1.807, 2.05) is 29.2 Å². The predicted octanol–water partition coefficient (Wildman–Crippen LogP) is 0.634. The van der Waals surface area contributed by atoms with Gasteiger partial charge in [-0.3, -0.25) is 14.5 Å². The van der Waals surface area contributed by atoms with Crippen molar-refractivity contribution in [2.75, 3.05) is 13.6 Å². The monoisotopic (exact) mass is 262 g/mol. The van der Waals surface area contributed by atoms with Gasteiger partial charge in [-0.05, 0) is 17.5 Å². The Balaban J connectivity index is 2.12. The molecule has 0 saturated carbocycles. The molecule has 0 unspecified atom stereocenters. The molecule has 0 fully saturated rings. The summed E-state index contributed by atoms with van der Waals surface area (Å²) >= 11 is 0. The molecule has 0 bridgehead atoms. The van der Waals surface area contributed by atoms with Crippen molar-refractivity contribution in [1.82, 2.24) is 10.2 Å². The molecule has 2 rings (SSSR count). The topological polar surface area (TPSA) is 69.6 Å². The van der Waals surface area contributed by atoms with Gasteiger partial charge in [0.05, 0.1) is 0 Å². The number of rotatable bonds is 4. The van der Waals surface area contributed by atoms with Crippen LogP contribution in [-0.4, -0.2) is 41.5 Å². The van der Waals surface area contributed by atoms with Crippen molar-refractivity contribution >= 4 is 11.9 Å². The molecular weight excluding hydrogens is 244 g/mol. The third kappa shape index (κ3) is 3.12. The number of hydrogen-bond acceptors (Lipinski definition) is 3. The van der Waals surface area contributed by atoms with Crippen LogP contribution in [-0.2, 0) is 22.6 Å². The molecule has 0 spiro atoms. The first kappa shape index (κ1) is 13.5. The number of carboxylic acid groups (broad SMARTS) is 1. The lowest BCUT2D eigenvalue weighted by Crippen LogP contribution is -2.46. The van der Waals surface area contributed by atoms with E-state index in [4.69, 9.17) is 0 Å². The number of fused-ring (bicyclic) bond motifs is 1. The molecule has 2 N–H and O–H groups in total. The van der Waals surface area contributed by atoms with Crippen molar-refractivity contribution < 1.29 is 14.7 Å². The first-order chi connectivity index (χ1) is 9.11. The average Bonchev–Trinajstić information content (AvgIpc) is 2.43. The van der Waals surface area contributed by atoms with Gasteiger partial charge in [-0.25, -0.2) is 0 Å². The number of carbonyl (C=O) groups excluding carboxylic acids is 1. The van der Waals surface area contributed by atoms with E-state index in [9.17, 15) is 14.7 Å². The summed E-state index contributed by atoms with van der Waals surface area (Å²) in [5, 5.41) is 11.9. The molecule has 19 heavy (non-hydrogen) atoms. The van der Waals surface area contributed by atoms with Crippen molar-refractivity contribution in [3.63, 3.8) is 0 Å². The fraction of sp³-hybridized carbons (Fsp3) is 0.429. The van der Waals surface area contributed by atoms with E-state index in [-0.39, 0.29) is 5.91 Å². The molecule has 0 aliphatic carbocycles. The van der Waals surface area contributed by atoms with Crippen LogP contribution in [0.4, 0.5) is 0 Å². The fourth-order valence-corrected chi connectivity index (χ4v) is 2.43. The summed E-state index contributed by atoms with van der Waals surface area (Å²) in [5.41, 5.74) is 2.24. The number of benzene rings is 1. The minimum atomic E-state index is -0.827. The highest BCUT2D eigenvalue weighted by Crippen LogP contribution is 2.23. The Bertz CT molecular complexity index is 487. The smallest absolute Gasteiger partial charge is 0.321 e. The van der Waals surface area contributed by atoms with Gasteiger partial charge in [0.1, 0.15) is 6.04 Å². The van der Waals surface area contributed by atoms with Crippen molar-refractivity contribution in [2.24, 2.45) is 0 Å². The Kier molecular flexibility index (Phi) is 4.16. The summed E-state index contributed by atoms with van der Waals surface area (Å²) in [5.74, 6) is -0.894. The van der Waals surface area contributed by atoms with Crippen molar-refractivity contribution in [3.8, 4) is 0 Å². The molecule has 0 radical (unpaired) electrons. The normalized spacial score (nSPS) is 18.7. The van der Waals surface area contributed by atoms with Gasteiger partial charge < -0.3 is 10.4 Å². The van der Waals surface area contributed by atoms with Crippen LogP contribution < -0.4 is 5.32 Å². The summed E-state index contributed by atoms with van der Waals surface area (Å²) in [6.45, 7) is 1.05. The summed E-state index contributed by atoms with van der Waals surface area (Å²) in [4.78, 5) is 24.5. The molecule has 1 amide bonds. The summed E-state index contributed by atoms with van der Waals surface area (Å²) < 4.78 is 0. The van der Waals surface area contributed by atoms with Gasteiger partial charge in [0.25, 0.3) is 0 Å². The molecule has 1 atom stereocenters. The first-order valence-corrected chi connectivity index (χ1v) is 6.36. The van der Waals surface area contributed by atoms with E-state index >= 15 is 0 Å². The van der Waals surface area contributed by atoms with E-state index in [1.54, 1.807) is 7.05 Å². The van der Waals surface area contributed by atoms with Gasteiger partial charge in [0.2, 0.25) is 5.91 Å². The van der Waals surface area contributed by atoms with E-state index in [2.05, 4.69) is 5.32 Å². The highest BCUT2D eigenvalue weighted by atomic mass is 16.4. The molecule has 1 heterocycles. The Morgan fingerprint density at radius 3 is 2.68 bits per heavy atom. The summed E-state index contributed by atoms with van der Waals surface area (Å²) in [6, 6.07) is 7.33. The van der Waals surface area contributed by atoms with Crippen LogP contribution in [0.15, 0.2) is 24.3 Å². The molecular formula is C14H18N2O3. The number of amides is 1.